The van der Waals surface area contributed by atoms with Gasteiger partial charge in [0.1, 0.15) is 0 Å². The third kappa shape index (κ3) is 2.48. The van der Waals surface area contributed by atoms with E-state index in [1.165, 1.54) is 0 Å². The monoisotopic (exact) mass is 218 g/mol. The summed E-state index contributed by atoms with van der Waals surface area (Å²) in [5, 5.41) is 6.40. The standard InChI is InChI=1S/C4H5NO6S.Na/c6-3-1-2(12(9,10)11)4(7)5(3)8;/h2,8H,1H2,(H,9,10,11);. The largest absolute Gasteiger partial charge is 0.285 e. The topological polar surface area (TPSA) is 112 Å². The van der Waals surface area contributed by atoms with Crippen LogP contribution in [0.4, 0.5) is 0 Å². The van der Waals surface area contributed by atoms with Crippen LogP contribution in [0.15, 0.2) is 0 Å². The molecule has 69 valence electrons. The molecular weight excluding hydrogens is 213 g/mol. The third-order valence-corrected chi connectivity index (χ3v) is 2.53. The SMILES string of the molecule is O=C1CC(S(=O)(=O)O)C(=O)N1O.[Na]. The number of carbonyl (C=O) groups excluding carboxylic acids is 2. The summed E-state index contributed by atoms with van der Waals surface area (Å²) in [4.78, 5) is 21.2. The Labute approximate surface area is 95.7 Å². The van der Waals surface area contributed by atoms with Gasteiger partial charge in [-0.2, -0.15) is 13.5 Å². The van der Waals surface area contributed by atoms with E-state index in [2.05, 4.69) is 0 Å². The molecule has 0 aromatic carbocycles. The molecule has 1 radical (unpaired) electrons. The Kier molecular flexibility index (Phi) is 4.03. The number of rotatable bonds is 1. The van der Waals surface area contributed by atoms with Crippen LogP contribution in [-0.2, 0) is 19.7 Å². The second-order valence-electron chi connectivity index (χ2n) is 2.25. The summed E-state index contributed by atoms with van der Waals surface area (Å²) in [6.45, 7) is 0. The molecule has 13 heavy (non-hydrogen) atoms. The summed E-state index contributed by atoms with van der Waals surface area (Å²) in [5.41, 5.74) is 0. The van der Waals surface area contributed by atoms with Gasteiger partial charge in [-0.1, -0.05) is 0 Å². The molecule has 0 aromatic heterocycles. The van der Waals surface area contributed by atoms with E-state index in [0.717, 1.165) is 0 Å². The van der Waals surface area contributed by atoms with Gasteiger partial charge in [-0.15, -0.1) is 0 Å². The van der Waals surface area contributed by atoms with Crippen LogP contribution < -0.4 is 0 Å². The van der Waals surface area contributed by atoms with Gasteiger partial charge in [0, 0.05) is 29.6 Å². The van der Waals surface area contributed by atoms with Crippen molar-refractivity contribution in [3.63, 3.8) is 0 Å². The van der Waals surface area contributed by atoms with E-state index in [9.17, 15) is 18.0 Å². The zero-order chi connectivity index (χ0) is 9.52. The van der Waals surface area contributed by atoms with Crippen LogP contribution in [0.25, 0.3) is 0 Å². The predicted octanol–water partition coefficient (Wildman–Crippen LogP) is -1.99. The summed E-state index contributed by atoms with van der Waals surface area (Å²) in [5.74, 6) is -2.36. The first-order valence-electron chi connectivity index (χ1n) is 2.86. The van der Waals surface area contributed by atoms with Crippen LogP contribution in [0.2, 0.25) is 0 Å². The molecule has 0 spiro atoms. The predicted molar refractivity (Wildman–Crippen MR) is 39.3 cm³/mol. The van der Waals surface area contributed by atoms with Crippen LogP contribution in [0.3, 0.4) is 0 Å². The van der Waals surface area contributed by atoms with Gasteiger partial charge in [0.15, 0.2) is 5.25 Å². The summed E-state index contributed by atoms with van der Waals surface area (Å²) >= 11 is 0. The van der Waals surface area contributed by atoms with Crippen molar-refractivity contribution in [2.24, 2.45) is 0 Å². The molecule has 1 unspecified atom stereocenters. The number of nitrogens with zero attached hydrogens (tertiary/aromatic N) is 1. The molecule has 7 nitrogen and oxygen atoms in total. The van der Waals surface area contributed by atoms with Gasteiger partial charge in [-0.3, -0.25) is 19.3 Å². The number of imide groups is 1. The zero-order valence-electron chi connectivity index (χ0n) is 6.67. The Balaban J connectivity index is 0.00000144. The van der Waals surface area contributed by atoms with Crippen molar-refractivity contribution in [3.05, 3.63) is 0 Å². The Morgan fingerprint density at radius 3 is 2.00 bits per heavy atom. The van der Waals surface area contributed by atoms with Crippen molar-refractivity contribution in [1.82, 2.24) is 5.06 Å². The van der Waals surface area contributed by atoms with E-state index >= 15 is 0 Å². The maximum absolute atomic E-state index is 10.7. The molecule has 1 heterocycles. The number of hydrogen-bond acceptors (Lipinski definition) is 5. The summed E-state index contributed by atoms with van der Waals surface area (Å²) in [6.07, 6.45) is -0.714. The molecular formula is C4H5NNaO6S. The molecule has 1 atom stereocenters. The van der Waals surface area contributed by atoms with E-state index in [1.54, 1.807) is 0 Å². The maximum Gasteiger partial charge on any atom is 0.277 e. The van der Waals surface area contributed by atoms with Crippen molar-refractivity contribution in [1.29, 1.82) is 0 Å². The smallest absolute Gasteiger partial charge is 0.277 e. The minimum absolute atomic E-state index is 0. The Hall–Kier alpha value is 0.0100. The van der Waals surface area contributed by atoms with Gasteiger partial charge >= 0.3 is 0 Å². The molecule has 0 saturated carbocycles. The van der Waals surface area contributed by atoms with E-state index in [1.807, 2.05) is 0 Å². The molecule has 9 heteroatoms. The van der Waals surface area contributed by atoms with Crippen LogP contribution >= 0.6 is 0 Å². The van der Waals surface area contributed by atoms with Crippen molar-refractivity contribution < 1.29 is 27.8 Å². The number of hydrogen-bond donors (Lipinski definition) is 2. The van der Waals surface area contributed by atoms with Gasteiger partial charge in [0.2, 0.25) is 0 Å². The third-order valence-electron chi connectivity index (χ3n) is 1.44. The molecule has 1 rings (SSSR count). The molecule has 0 bridgehead atoms. The van der Waals surface area contributed by atoms with Gasteiger partial charge < -0.3 is 0 Å². The van der Waals surface area contributed by atoms with Crippen LogP contribution in [0.5, 0.6) is 0 Å². The Bertz CT molecular complexity index is 337. The fraction of sp³-hybridized carbons (Fsp3) is 0.500. The Morgan fingerprint density at radius 2 is 1.85 bits per heavy atom. The van der Waals surface area contributed by atoms with Crippen LogP contribution in [0, 0.1) is 0 Å². The van der Waals surface area contributed by atoms with Crippen LogP contribution in [0.1, 0.15) is 6.42 Å². The second kappa shape index (κ2) is 4.03. The normalized spacial score (nSPS) is 23.2. The van der Waals surface area contributed by atoms with Gasteiger partial charge in [-0.25, -0.2) is 0 Å². The second-order valence-corrected chi connectivity index (χ2v) is 3.85. The van der Waals surface area contributed by atoms with E-state index in [0.29, 0.717) is 0 Å². The van der Waals surface area contributed by atoms with E-state index in [-0.39, 0.29) is 34.6 Å². The average Bonchev–Trinajstić information content (AvgIpc) is 2.15. The summed E-state index contributed by atoms with van der Waals surface area (Å²) in [6, 6.07) is 0. The number of hydroxylamine groups is 2. The molecule has 2 amide bonds. The number of carbonyl (C=O) groups is 2. The van der Waals surface area contributed by atoms with Crippen LogP contribution in [-0.4, -0.2) is 69.9 Å². The quantitative estimate of drug-likeness (QED) is 0.228. The van der Waals surface area contributed by atoms with Crippen molar-refractivity contribution in [2.75, 3.05) is 0 Å². The molecule has 1 saturated heterocycles. The van der Waals surface area contributed by atoms with E-state index in [4.69, 9.17) is 9.76 Å². The first kappa shape index (κ1) is 13.0. The fourth-order valence-electron chi connectivity index (χ4n) is 0.824. The van der Waals surface area contributed by atoms with Crippen molar-refractivity contribution in [2.45, 2.75) is 11.7 Å². The van der Waals surface area contributed by atoms with Gasteiger partial charge in [-0.05, 0) is 0 Å². The molecule has 1 fully saturated rings. The minimum Gasteiger partial charge on any atom is -0.285 e. The zero-order valence-corrected chi connectivity index (χ0v) is 9.48. The van der Waals surface area contributed by atoms with Crippen molar-refractivity contribution >= 4 is 51.5 Å². The first-order valence-corrected chi connectivity index (χ1v) is 4.36. The molecule has 1 aliphatic heterocycles. The number of amides is 2. The summed E-state index contributed by atoms with van der Waals surface area (Å²) < 4.78 is 29.1. The first-order chi connectivity index (χ1) is 5.34. The molecule has 0 aliphatic carbocycles. The van der Waals surface area contributed by atoms with Gasteiger partial charge in [0.25, 0.3) is 21.9 Å². The molecule has 2 N–H and O–H groups in total. The summed E-state index contributed by atoms with van der Waals surface area (Å²) in [7, 11) is -4.59. The van der Waals surface area contributed by atoms with Gasteiger partial charge in [0.05, 0.1) is 6.42 Å². The average molecular weight is 218 g/mol. The fourth-order valence-corrected chi connectivity index (χ4v) is 1.53. The molecule has 1 aliphatic rings. The maximum atomic E-state index is 10.7. The van der Waals surface area contributed by atoms with E-state index < -0.39 is 33.6 Å². The Morgan fingerprint density at radius 1 is 1.38 bits per heavy atom. The van der Waals surface area contributed by atoms with Crippen molar-refractivity contribution in [3.8, 4) is 0 Å². The molecule has 0 aromatic rings. The minimum atomic E-state index is -4.59.